The molecule has 2 rings (SSSR count). The largest absolute Gasteiger partial charge is 0.386 e. The van der Waals surface area contributed by atoms with Gasteiger partial charge in [-0.1, -0.05) is 19.1 Å². The predicted octanol–water partition coefficient (Wildman–Crippen LogP) is 3.12. The fourth-order valence-electron chi connectivity index (χ4n) is 2.56. The summed E-state index contributed by atoms with van der Waals surface area (Å²) in [6.45, 7) is 3.14. The molecule has 0 aromatic heterocycles. The van der Waals surface area contributed by atoms with Crippen molar-refractivity contribution >= 4 is 0 Å². The fraction of sp³-hybridized carbons (Fsp3) is 0.467. The SMILES string of the molecule is CCC(CC[C@H]1C=C(N)NC1)c1ccc(F)cc1. The summed E-state index contributed by atoms with van der Waals surface area (Å²) in [5.41, 5.74) is 6.94. The molecule has 2 nitrogen and oxygen atoms in total. The van der Waals surface area contributed by atoms with Crippen molar-refractivity contribution in [3.05, 3.63) is 47.5 Å². The van der Waals surface area contributed by atoms with Crippen molar-refractivity contribution in [1.82, 2.24) is 5.32 Å². The van der Waals surface area contributed by atoms with Crippen molar-refractivity contribution in [2.45, 2.75) is 32.1 Å². The van der Waals surface area contributed by atoms with E-state index in [-0.39, 0.29) is 5.82 Å². The van der Waals surface area contributed by atoms with E-state index in [1.807, 2.05) is 12.1 Å². The van der Waals surface area contributed by atoms with E-state index in [4.69, 9.17) is 5.73 Å². The number of nitrogens with one attached hydrogen (secondary N) is 1. The van der Waals surface area contributed by atoms with E-state index in [0.717, 1.165) is 31.6 Å². The zero-order valence-corrected chi connectivity index (χ0v) is 10.8. The molecular formula is C15H21FN2. The summed E-state index contributed by atoms with van der Waals surface area (Å²) < 4.78 is 12.9. The monoisotopic (exact) mass is 248 g/mol. The molecule has 1 aliphatic heterocycles. The summed E-state index contributed by atoms with van der Waals surface area (Å²) in [6.07, 6.45) is 5.45. The lowest BCUT2D eigenvalue weighted by Crippen LogP contribution is -2.16. The van der Waals surface area contributed by atoms with E-state index in [1.165, 1.54) is 5.56 Å². The van der Waals surface area contributed by atoms with E-state index in [2.05, 4.69) is 18.3 Å². The third-order valence-electron chi connectivity index (χ3n) is 3.70. The Morgan fingerprint density at radius 2 is 2.11 bits per heavy atom. The van der Waals surface area contributed by atoms with Gasteiger partial charge in [0, 0.05) is 6.54 Å². The molecule has 0 amide bonds. The highest BCUT2D eigenvalue weighted by molar-refractivity contribution is 5.20. The van der Waals surface area contributed by atoms with Crippen LogP contribution in [0.3, 0.4) is 0 Å². The van der Waals surface area contributed by atoms with Crippen LogP contribution >= 0.6 is 0 Å². The predicted molar refractivity (Wildman–Crippen MR) is 72.4 cm³/mol. The van der Waals surface area contributed by atoms with Gasteiger partial charge in [0.15, 0.2) is 0 Å². The Labute approximate surface area is 108 Å². The number of benzene rings is 1. The first-order valence-electron chi connectivity index (χ1n) is 6.65. The Kier molecular flexibility index (Phi) is 4.24. The average molecular weight is 248 g/mol. The second-order valence-corrected chi connectivity index (χ2v) is 5.00. The number of nitrogens with two attached hydrogens (primary N) is 1. The van der Waals surface area contributed by atoms with Gasteiger partial charge in [-0.3, -0.25) is 0 Å². The van der Waals surface area contributed by atoms with Gasteiger partial charge in [0.1, 0.15) is 5.82 Å². The number of rotatable bonds is 5. The van der Waals surface area contributed by atoms with E-state index >= 15 is 0 Å². The lowest BCUT2D eigenvalue weighted by Gasteiger charge is -2.17. The van der Waals surface area contributed by atoms with Crippen LogP contribution in [0.4, 0.5) is 4.39 Å². The number of hydrogen-bond donors (Lipinski definition) is 2. The van der Waals surface area contributed by atoms with Crippen LogP contribution < -0.4 is 11.1 Å². The molecule has 1 aliphatic rings. The Hall–Kier alpha value is -1.51. The third kappa shape index (κ3) is 3.25. The maximum atomic E-state index is 12.9. The Morgan fingerprint density at radius 1 is 1.39 bits per heavy atom. The van der Waals surface area contributed by atoms with Crippen molar-refractivity contribution in [2.75, 3.05) is 6.54 Å². The molecule has 0 radical (unpaired) electrons. The van der Waals surface area contributed by atoms with E-state index in [0.29, 0.717) is 11.8 Å². The summed E-state index contributed by atoms with van der Waals surface area (Å²) >= 11 is 0. The lowest BCUT2D eigenvalue weighted by molar-refractivity contribution is 0.502. The summed E-state index contributed by atoms with van der Waals surface area (Å²) in [5, 5.41) is 3.15. The van der Waals surface area contributed by atoms with Crippen molar-refractivity contribution in [2.24, 2.45) is 11.7 Å². The van der Waals surface area contributed by atoms with E-state index in [1.54, 1.807) is 12.1 Å². The molecule has 0 bridgehead atoms. The van der Waals surface area contributed by atoms with Gasteiger partial charge < -0.3 is 11.1 Å². The minimum absolute atomic E-state index is 0.163. The first-order chi connectivity index (χ1) is 8.69. The van der Waals surface area contributed by atoms with Crippen LogP contribution in [0.1, 0.15) is 37.7 Å². The second kappa shape index (κ2) is 5.89. The zero-order chi connectivity index (χ0) is 13.0. The Morgan fingerprint density at radius 3 is 2.67 bits per heavy atom. The third-order valence-corrected chi connectivity index (χ3v) is 3.70. The van der Waals surface area contributed by atoms with Crippen LogP contribution in [0.2, 0.25) is 0 Å². The molecule has 0 spiro atoms. The van der Waals surface area contributed by atoms with Crippen molar-refractivity contribution in [1.29, 1.82) is 0 Å². The van der Waals surface area contributed by atoms with Crippen molar-refractivity contribution in [3.63, 3.8) is 0 Å². The molecule has 1 aromatic carbocycles. The molecular weight excluding hydrogens is 227 g/mol. The van der Waals surface area contributed by atoms with Crippen LogP contribution in [0.5, 0.6) is 0 Å². The quantitative estimate of drug-likeness (QED) is 0.840. The normalized spacial score (nSPS) is 20.3. The van der Waals surface area contributed by atoms with E-state index < -0.39 is 0 Å². The molecule has 2 atom stereocenters. The van der Waals surface area contributed by atoms with Gasteiger partial charge in [-0.15, -0.1) is 0 Å². The molecule has 3 N–H and O–H groups in total. The van der Waals surface area contributed by atoms with Crippen LogP contribution in [0.15, 0.2) is 36.2 Å². The van der Waals surface area contributed by atoms with Gasteiger partial charge in [-0.05, 0) is 54.9 Å². The molecule has 0 fully saturated rings. The molecule has 0 saturated heterocycles. The molecule has 98 valence electrons. The van der Waals surface area contributed by atoms with Gasteiger partial charge in [-0.2, -0.15) is 0 Å². The average Bonchev–Trinajstić information content (AvgIpc) is 2.78. The topological polar surface area (TPSA) is 38.0 Å². The van der Waals surface area contributed by atoms with Crippen LogP contribution in [0.25, 0.3) is 0 Å². The minimum Gasteiger partial charge on any atom is -0.386 e. The first-order valence-corrected chi connectivity index (χ1v) is 6.65. The van der Waals surface area contributed by atoms with Crippen LogP contribution in [0, 0.1) is 11.7 Å². The van der Waals surface area contributed by atoms with Gasteiger partial charge in [0.2, 0.25) is 0 Å². The van der Waals surface area contributed by atoms with Gasteiger partial charge >= 0.3 is 0 Å². The molecule has 18 heavy (non-hydrogen) atoms. The Bertz CT molecular complexity index is 411. The van der Waals surface area contributed by atoms with Gasteiger partial charge in [0.05, 0.1) is 5.82 Å². The molecule has 1 aromatic rings. The maximum Gasteiger partial charge on any atom is 0.123 e. The molecule has 1 unspecified atom stereocenters. The first kappa shape index (κ1) is 12.9. The van der Waals surface area contributed by atoms with E-state index in [9.17, 15) is 4.39 Å². The van der Waals surface area contributed by atoms with Crippen LogP contribution in [-0.4, -0.2) is 6.54 Å². The van der Waals surface area contributed by atoms with Crippen LogP contribution in [-0.2, 0) is 0 Å². The smallest absolute Gasteiger partial charge is 0.123 e. The molecule has 1 heterocycles. The highest BCUT2D eigenvalue weighted by Crippen LogP contribution is 2.27. The maximum absolute atomic E-state index is 12.9. The highest BCUT2D eigenvalue weighted by atomic mass is 19.1. The minimum atomic E-state index is -0.163. The standard InChI is InChI=1S/C15H21FN2/c1-2-12(13-5-7-14(16)8-6-13)4-3-11-9-15(17)18-10-11/h5-9,11-12,18H,2-4,10,17H2,1H3/t11-,12?/m0/s1. The van der Waals surface area contributed by atoms with Crippen molar-refractivity contribution < 1.29 is 4.39 Å². The van der Waals surface area contributed by atoms with Crippen molar-refractivity contribution in [3.8, 4) is 0 Å². The zero-order valence-electron chi connectivity index (χ0n) is 10.8. The summed E-state index contributed by atoms with van der Waals surface area (Å²) in [4.78, 5) is 0. The lowest BCUT2D eigenvalue weighted by atomic mass is 9.89. The molecule has 0 saturated carbocycles. The summed E-state index contributed by atoms with van der Waals surface area (Å²) in [5.74, 6) is 1.69. The second-order valence-electron chi connectivity index (χ2n) is 5.00. The highest BCUT2D eigenvalue weighted by Gasteiger charge is 2.16. The summed E-state index contributed by atoms with van der Waals surface area (Å²) in [6, 6.07) is 6.90. The number of halogens is 1. The molecule has 0 aliphatic carbocycles. The Balaban J connectivity index is 1.91. The fourth-order valence-corrected chi connectivity index (χ4v) is 2.56. The summed E-state index contributed by atoms with van der Waals surface area (Å²) in [7, 11) is 0. The number of hydrogen-bond acceptors (Lipinski definition) is 2. The molecule has 3 heteroatoms. The van der Waals surface area contributed by atoms with Gasteiger partial charge in [-0.25, -0.2) is 4.39 Å². The van der Waals surface area contributed by atoms with Gasteiger partial charge in [0.25, 0.3) is 0 Å².